The molecular weight excluding hydrogens is 973 g/mol. The van der Waals surface area contributed by atoms with Crippen LogP contribution in [0.3, 0.4) is 0 Å². The molecule has 10 rings (SSSR count). The van der Waals surface area contributed by atoms with Gasteiger partial charge in [0.15, 0.2) is 11.6 Å². The summed E-state index contributed by atoms with van der Waals surface area (Å²) in [6, 6.07) is 38.8. The Morgan fingerprint density at radius 3 is 1.55 bits per heavy atom. The molecule has 1 atom stereocenters. The molecule has 0 saturated heterocycles. The van der Waals surface area contributed by atoms with Crippen LogP contribution in [0.1, 0.15) is 60.4 Å². The highest BCUT2D eigenvalue weighted by molar-refractivity contribution is 7.12. The van der Waals surface area contributed by atoms with E-state index in [1.807, 2.05) is 23.6 Å². The second-order valence-electron chi connectivity index (χ2n) is 15.8. The molecular formula is C51H34N12O10S. The highest BCUT2D eigenvalue weighted by Gasteiger charge is 2.25. The van der Waals surface area contributed by atoms with Gasteiger partial charge < -0.3 is 36.0 Å². The van der Waals surface area contributed by atoms with E-state index in [1.54, 1.807) is 84.9 Å². The van der Waals surface area contributed by atoms with E-state index in [4.69, 9.17) is 4.74 Å². The third-order valence-electron chi connectivity index (χ3n) is 10.9. The van der Waals surface area contributed by atoms with Crippen LogP contribution < -0.4 is 32.8 Å². The van der Waals surface area contributed by atoms with Crippen LogP contribution in [-0.4, -0.2) is 59.8 Å². The molecule has 23 heteroatoms. The number of nitrogens with zero attached hydrogens (tertiary/aromatic N) is 4. The Kier molecular flexibility index (Phi) is 13.6. The number of thiophene rings is 1. The van der Waals surface area contributed by atoms with Crippen molar-refractivity contribution in [3.63, 3.8) is 0 Å². The molecule has 0 spiro atoms. The van der Waals surface area contributed by atoms with Crippen molar-refractivity contribution in [2.24, 2.45) is 0 Å². The smallest absolute Gasteiger partial charge is 0.439 e. The maximum Gasteiger partial charge on any atom is 0.439 e. The normalized spacial score (nSPS) is 11.1. The molecule has 0 bridgehead atoms. The number of carbonyl (C=O) groups is 5. The van der Waals surface area contributed by atoms with Crippen molar-refractivity contribution in [2.75, 3.05) is 21.3 Å². The molecule has 0 aliphatic carbocycles. The van der Waals surface area contributed by atoms with Crippen LogP contribution in [0, 0.1) is 22.7 Å². The van der Waals surface area contributed by atoms with Crippen LogP contribution in [-0.2, 0) is 14.3 Å². The van der Waals surface area contributed by atoms with E-state index >= 15 is 0 Å². The Bertz CT molecular complexity index is 4000. The van der Waals surface area contributed by atoms with Crippen molar-refractivity contribution >= 4 is 85.5 Å². The number of ether oxygens (including phenoxy) is 1. The van der Waals surface area contributed by atoms with Gasteiger partial charge in [-0.3, -0.25) is 43.0 Å². The van der Waals surface area contributed by atoms with Gasteiger partial charge in [0.2, 0.25) is 6.10 Å². The van der Waals surface area contributed by atoms with Gasteiger partial charge in [0.25, 0.3) is 23.6 Å². The number of aromatic nitrogens is 6. The molecule has 1 unspecified atom stereocenters. The summed E-state index contributed by atoms with van der Waals surface area (Å²) in [4.78, 5) is 97.9. The third kappa shape index (κ3) is 10.6. The van der Waals surface area contributed by atoms with E-state index in [0.717, 1.165) is 5.39 Å². The van der Waals surface area contributed by atoms with Crippen LogP contribution in [0.4, 0.5) is 22.7 Å². The number of carbonyl (C=O) groups excluding carboxylic acids is 5. The summed E-state index contributed by atoms with van der Waals surface area (Å²) in [5, 5.41) is 40.1. The summed E-state index contributed by atoms with van der Waals surface area (Å²) in [6.07, 6.45) is -1.18. The summed E-state index contributed by atoms with van der Waals surface area (Å²) >= 11 is 1.33. The minimum atomic E-state index is -1.18. The minimum Gasteiger partial charge on any atom is -0.447 e. The number of hydrogen-bond acceptors (Lipinski definition) is 15. The number of benzene rings is 5. The molecule has 4 amide bonds. The average Bonchev–Trinajstić information content (AvgIpc) is 4.28. The van der Waals surface area contributed by atoms with Crippen molar-refractivity contribution in [3.8, 4) is 34.9 Å². The topological polar surface area (TPSA) is 340 Å². The van der Waals surface area contributed by atoms with Crippen LogP contribution in [0.15, 0.2) is 151 Å². The second-order valence-corrected chi connectivity index (χ2v) is 16.7. The van der Waals surface area contributed by atoms with E-state index in [-0.39, 0.29) is 45.8 Å². The summed E-state index contributed by atoms with van der Waals surface area (Å²) in [5.74, 6) is -3.86. The summed E-state index contributed by atoms with van der Waals surface area (Å²) in [5.41, 5.74) is 4.67. The lowest BCUT2D eigenvalue weighted by Gasteiger charge is -2.17. The van der Waals surface area contributed by atoms with E-state index < -0.39 is 41.3 Å². The molecule has 10 aromatic rings. The molecule has 8 N–H and O–H groups in total. The molecule has 22 nitrogen and oxygen atoms in total. The fourth-order valence-electron chi connectivity index (χ4n) is 7.53. The first-order chi connectivity index (χ1) is 35.8. The first-order valence-electron chi connectivity index (χ1n) is 21.8. The summed E-state index contributed by atoms with van der Waals surface area (Å²) in [6.45, 7) is 1.22. The van der Waals surface area contributed by atoms with Crippen LogP contribution in [0.2, 0.25) is 0 Å². The maximum absolute atomic E-state index is 13.2. The van der Waals surface area contributed by atoms with Gasteiger partial charge in [-0.1, -0.05) is 71.0 Å². The van der Waals surface area contributed by atoms with Gasteiger partial charge in [0.1, 0.15) is 11.4 Å². The summed E-state index contributed by atoms with van der Waals surface area (Å²) < 4.78 is 14.4. The molecule has 0 radical (unpaired) electrons. The maximum atomic E-state index is 13.2. The minimum absolute atomic E-state index is 0.0415. The number of hydrogen-bond donors (Lipinski definition) is 8. The molecule has 0 fully saturated rings. The number of esters is 1. The average molecular weight is 1010 g/mol. The zero-order chi connectivity index (χ0) is 51.9. The molecule has 74 heavy (non-hydrogen) atoms. The SMILES string of the molecule is CC(=O)OC(C(=O)Nc1cccc2cc(C(=O)Nc3ccc(C#N)cc3-c3noc(=O)[nH]3)[nH]c12)c1ccccc1.N#Cc1ccc(NC(=O)c2cc3cccc(NC(=O)c4cccs4)c3[nH]2)c(-c2noc(=O)[nH]2)c1. The fraction of sp³-hybridized carbons (Fsp3) is 0.0392. The predicted molar refractivity (Wildman–Crippen MR) is 269 cm³/mol. The molecule has 5 aromatic heterocycles. The van der Waals surface area contributed by atoms with Crippen molar-refractivity contribution in [1.82, 2.24) is 30.2 Å². The van der Waals surface area contributed by atoms with Gasteiger partial charge in [-0.05, 0) is 72.1 Å². The highest BCUT2D eigenvalue weighted by Crippen LogP contribution is 2.31. The first kappa shape index (κ1) is 48.1. The molecule has 0 saturated carbocycles. The zero-order valence-corrected chi connectivity index (χ0v) is 38.9. The Morgan fingerprint density at radius 1 is 0.581 bits per heavy atom. The van der Waals surface area contributed by atoms with Gasteiger partial charge in [-0.15, -0.1) is 11.3 Å². The van der Waals surface area contributed by atoms with Crippen LogP contribution >= 0.6 is 11.3 Å². The Labute approximate surface area is 418 Å². The molecule has 0 aliphatic rings. The number of nitriles is 2. The zero-order valence-electron chi connectivity index (χ0n) is 38.1. The molecule has 364 valence electrons. The lowest BCUT2D eigenvalue weighted by atomic mass is 10.1. The Hall–Kier alpha value is -10.9. The van der Waals surface area contributed by atoms with Gasteiger partial charge in [0.05, 0.1) is 61.9 Å². The monoisotopic (exact) mass is 1010 g/mol. The highest BCUT2D eigenvalue weighted by atomic mass is 32.1. The van der Waals surface area contributed by atoms with Crippen LogP contribution in [0.25, 0.3) is 44.6 Å². The second kappa shape index (κ2) is 21.0. The quantitative estimate of drug-likeness (QED) is 0.0541. The molecule has 5 aromatic carbocycles. The summed E-state index contributed by atoms with van der Waals surface area (Å²) in [7, 11) is 0. The van der Waals surface area contributed by atoms with E-state index in [2.05, 4.69) is 60.6 Å². The van der Waals surface area contributed by atoms with Gasteiger partial charge in [0, 0.05) is 34.4 Å². The standard InChI is InChI=1S/C28H20N6O6.C23H14N6O4S/c1-15(35)39-24(17-6-3-2-4-7-17)27(37)32-21-9-5-8-18-13-22(30-23(18)21)26(36)31-20-11-10-16(14-29)12-19(20)25-33-28(38)40-34-25;24-11-12-6-7-15(14(9-12)20-28-23(32)33-29-20)26-21(30)17-10-13-3-1-4-16(19(13)25-17)27-22(31)18-5-2-8-34-18/h2-13,24,30H,1H3,(H,31,36)(H,32,37)(H,33,34,38);1-10,25H,(H,26,30)(H,27,31)(H,28,29,32). The van der Waals surface area contributed by atoms with E-state index in [1.165, 1.54) is 54.7 Å². The fourth-order valence-corrected chi connectivity index (χ4v) is 8.15. The predicted octanol–water partition coefficient (Wildman–Crippen LogP) is 7.83. The van der Waals surface area contributed by atoms with Crippen molar-refractivity contribution in [1.29, 1.82) is 10.5 Å². The number of anilines is 4. The van der Waals surface area contributed by atoms with Gasteiger partial charge in [-0.25, -0.2) is 9.59 Å². The number of nitrogens with one attached hydrogen (secondary N) is 8. The number of para-hydroxylation sites is 2. The Balaban J connectivity index is 0.000000184. The third-order valence-corrected chi connectivity index (χ3v) is 11.7. The van der Waals surface area contributed by atoms with Gasteiger partial charge >= 0.3 is 17.5 Å². The van der Waals surface area contributed by atoms with E-state index in [9.17, 15) is 44.1 Å². The van der Waals surface area contributed by atoms with E-state index in [0.29, 0.717) is 55.0 Å². The Morgan fingerprint density at radius 2 is 1.09 bits per heavy atom. The first-order valence-corrected chi connectivity index (χ1v) is 22.7. The number of H-pyrrole nitrogens is 4. The number of aromatic amines is 4. The van der Waals surface area contributed by atoms with Crippen molar-refractivity contribution in [2.45, 2.75) is 13.0 Å². The van der Waals surface area contributed by atoms with Crippen molar-refractivity contribution < 1.29 is 37.8 Å². The lowest BCUT2D eigenvalue weighted by Crippen LogP contribution is -2.25. The number of fused-ring (bicyclic) bond motifs is 2. The van der Waals surface area contributed by atoms with Crippen molar-refractivity contribution in [3.05, 3.63) is 187 Å². The van der Waals surface area contributed by atoms with Crippen LogP contribution in [0.5, 0.6) is 0 Å². The molecule has 0 aliphatic heterocycles. The van der Waals surface area contributed by atoms with Gasteiger partial charge in [-0.2, -0.15) is 10.5 Å². The number of rotatable bonds is 12. The number of amides is 4. The largest absolute Gasteiger partial charge is 0.447 e. The molecule has 5 heterocycles. The lowest BCUT2D eigenvalue weighted by molar-refractivity contribution is -0.152.